The van der Waals surface area contributed by atoms with Crippen molar-refractivity contribution in [3.8, 4) is 0 Å². The summed E-state index contributed by atoms with van der Waals surface area (Å²) < 4.78 is 13.8. The highest BCUT2D eigenvalue weighted by atomic mass is 19.1. The minimum atomic E-state index is -0.226. The van der Waals surface area contributed by atoms with Gasteiger partial charge in [0.25, 0.3) is 0 Å². The summed E-state index contributed by atoms with van der Waals surface area (Å²) in [6.45, 7) is 2.12. The SMILES string of the molecule is CCc1ccc(CC(NN)c2ccccc2F)cc1. The molecule has 0 aromatic heterocycles. The fourth-order valence-electron chi connectivity index (χ4n) is 2.16. The molecule has 0 bridgehead atoms. The van der Waals surface area contributed by atoms with Gasteiger partial charge in [-0.2, -0.15) is 0 Å². The highest BCUT2D eigenvalue weighted by Crippen LogP contribution is 2.20. The van der Waals surface area contributed by atoms with E-state index in [2.05, 4.69) is 36.6 Å². The first-order valence-corrected chi connectivity index (χ1v) is 6.53. The fourth-order valence-corrected chi connectivity index (χ4v) is 2.16. The molecule has 0 spiro atoms. The molecule has 2 aromatic rings. The van der Waals surface area contributed by atoms with Crippen LogP contribution in [-0.2, 0) is 12.8 Å². The van der Waals surface area contributed by atoms with Gasteiger partial charge in [-0.15, -0.1) is 0 Å². The Hall–Kier alpha value is -1.71. The van der Waals surface area contributed by atoms with Crippen molar-refractivity contribution in [1.29, 1.82) is 0 Å². The second kappa shape index (κ2) is 6.45. The predicted molar refractivity (Wildman–Crippen MR) is 76.0 cm³/mol. The van der Waals surface area contributed by atoms with Crippen LogP contribution < -0.4 is 11.3 Å². The van der Waals surface area contributed by atoms with Crippen LogP contribution in [0.4, 0.5) is 4.39 Å². The lowest BCUT2D eigenvalue weighted by molar-refractivity contribution is 0.510. The quantitative estimate of drug-likeness (QED) is 0.638. The molecular weight excluding hydrogens is 239 g/mol. The van der Waals surface area contributed by atoms with Crippen LogP contribution in [-0.4, -0.2) is 0 Å². The van der Waals surface area contributed by atoms with Gasteiger partial charge in [0.1, 0.15) is 5.82 Å². The maximum Gasteiger partial charge on any atom is 0.128 e. The van der Waals surface area contributed by atoms with E-state index in [4.69, 9.17) is 5.84 Å². The third-order valence-electron chi connectivity index (χ3n) is 3.35. The molecule has 0 amide bonds. The monoisotopic (exact) mass is 258 g/mol. The van der Waals surface area contributed by atoms with Gasteiger partial charge in [-0.3, -0.25) is 11.3 Å². The molecule has 3 heteroatoms. The fraction of sp³-hybridized carbons (Fsp3) is 0.250. The highest BCUT2D eigenvalue weighted by Gasteiger charge is 2.14. The van der Waals surface area contributed by atoms with Gasteiger partial charge in [0, 0.05) is 5.56 Å². The second-order valence-corrected chi connectivity index (χ2v) is 4.61. The van der Waals surface area contributed by atoms with Gasteiger partial charge in [-0.05, 0) is 30.0 Å². The molecule has 0 fully saturated rings. The average Bonchev–Trinajstić information content (AvgIpc) is 2.46. The Morgan fingerprint density at radius 3 is 2.26 bits per heavy atom. The highest BCUT2D eigenvalue weighted by molar-refractivity contribution is 5.27. The summed E-state index contributed by atoms with van der Waals surface area (Å²) in [5.74, 6) is 5.33. The maximum absolute atomic E-state index is 13.8. The molecule has 100 valence electrons. The zero-order chi connectivity index (χ0) is 13.7. The van der Waals surface area contributed by atoms with Gasteiger partial charge < -0.3 is 0 Å². The lowest BCUT2D eigenvalue weighted by atomic mass is 9.98. The van der Waals surface area contributed by atoms with Crippen molar-refractivity contribution >= 4 is 0 Å². The first-order chi connectivity index (χ1) is 9.24. The minimum absolute atomic E-state index is 0.214. The topological polar surface area (TPSA) is 38.0 Å². The Bertz CT molecular complexity index is 523. The number of halogens is 1. The van der Waals surface area contributed by atoms with Crippen molar-refractivity contribution < 1.29 is 4.39 Å². The molecule has 3 N–H and O–H groups in total. The lowest BCUT2D eigenvalue weighted by Gasteiger charge is -2.17. The molecule has 19 heavy (non-hydrogen) atoms. The van der Waals surface area contributed by atoms with Gasteiger partial charge in [0.15, 0.2) is 0 Å². The van der Waals surface area contributed by atoms with E-state index in [0.29, 0.717) is 12.0 Å². The number of hydrogen-bond acceptors (Lipinski definition) is 2. The van der Waals surface area contributed by atoms with Crippen LogP contribution >= 0.6 is 0 Å². The summed E-state index contributed by atoms with van der Waals surface area (Å²) in [5, 5.41) is 0. The normalized spacial score (nSPS) is 12.4. The molecule has 0 aliphatic heterocycles. The second-order valence-electron chi connectivity index (χ2n) is 4.61. The summed E-state index contributed by atoms with van der Waals surface area (Å²) >= 11 is 0. The van der Waals surface area contributed by atoms with E-state index in [1.54, 1.807) is 12.1 Å². The van der Waals surface area contributed by atoms with Crippen LogP contribution in [0.15, 0.2) is 48.5 Å². The van der Waals surface area contributed by atoms with E-state index in [1.807, 2.05) is 6.07 Å². The molecule has 0 aliphatic rings. The Labute approximate surface area is 113 Å². The van der Waals surface area contributed by atoms with Gasteiger partial charge in [0.2, 0.25) is 0 Å². The third-order valence-corrected chi connectivity index (χ3v) is 3.35. The number of hydrogen-bond donors (Lipinski definition) is 2. The Balaban J connectivity index is 2.17. The molecule has 0 aliphatic carbocycles. The molecule has 2 rings (SSSR count). The summed E-state index contributed by atoms with van der Waals surface area (Å²) in [6, 6.07) is 14.9. The predicted octanol–water partition coefficient (Wildman–Crippen LogP) is 3.14. The summed E-state index contributed by atoms with van der Waals surface area (Å²) in [5.41, 5.74) is 5.74. The lowest BCUT2D eigenvalue weighted by Crippen LogP contribution is -2.30. The zero-order valence-electron chi connectivity index (χ0n) is 11.1. The van der Waals surface area contributed by atoms with Crippen LogP contribution in [0.5, 0.6) is 0 Å². The van der Waals surface area contributed by atoms with Gasteiger partial charge in [-0.25, -0.2) is 4.39 Å². The maximum atomic E-state index is 13.8. The molecule has 0 radical (unpaired) electrons. The smallest absolute Gasteiger partial charge is 0.128 e. The number of benzene rings is 2. The molecule has 0 saturated carbocycles. The minimum Gasteiger partial charge on any atom is -0.271 e. The van der Waals surface area contributed by atoms with Gasteiger partial charge >= 0.3 is 0 Å². The van der Waals surface area contributed by atoms with Crippen molar-refractivity contribution in [3.05, 3.63) is 71.0 Å². The van der Waals surface area contributed by atoms with Crippen LogP contribution in [0, 0.1) is 5.82 Å². The van der Waals surface area contributed by atoms with E-state index in [-0.39, 0.29) is 11.9 Å². The Morgan fingerprint density at radius 2 is 1.68 bits per heavy atom. The average molecular weight is 258 g/mol. The van der Waals surface area contributed by atoms with Gasteiger partial charge in [-0.1, -0.05) is 49.4 Å². The van der Waals surface area contributed by atoms with Crippen LogP contribution in [0.1, 0.15) is 29.7 Å². The number of nitrogens with one attached hydrogen (secondary N) is 1. The molecule has 2 nitrogen and oxygen atoms in total. The van der Waals surface area contributed by atoms with Crippen molar-refractivity contribution in [2.45, 2.75) is 25.8 Å². The van der Waals surface area contributed by atoms with Crippen molar-refractivity contribution in [1.82, 2.24) is 5.43 Å². The molecule has 0 saturated heterocycles. The summed E-state index contributed by atoms with van der Waals surface area (Å²) in [4.78, 5) is 0. The van der Waals surface area contributed by atoms with E-state index < -0.39 is 0 Å². The number of aryl methyl sites for hydroxylation is 1. The van der Waals surface area contributed by atoms with Crippen molar-refractivity contribution in [2.75, 3.05) is 0 Å². The zero-order valence-corrected chi connectivity index (χ0v) is 11.1. The standard InChI is InChI=1S/C16H19FN2/c1-2-12-7-9-13(10-8-12)11-16(19-18)14-5-3-4-6-15(14)17/h3-10,16,19H,2,11,18H2,1H3. The Kier molecular flexibility index (Phi) is 4.66. The van der Waals surface area contributed by atoms with E-state index >= 15 is 0 Å². The number of nitrogens with two attached hydrogens (primary N) is 1. The molecule has 1 atom stereocenters. The number of rotatable bonds is 5. The van der Waals surface area contributed by atoms with Crippen molar-refractivity contribution in [3.63, 3.8) is 0 Å². The van der Waals surface area contributed by atoms with E-state index in [0.717, 1.165) is 12.0 Å². The van der Waals surface area contributed by atoms with Crippen LogP contribution in [0.25, 0.3) is 0 Å². The Morgan fingerprint density at radius 1 is 1.05 bits per heavy atom. The van der Waals surface area contributed by atoms with Gasteiger partial charge in [0.05, 0.1) is 6.04 Å². The van der Waals surface area contributed by atoms with E-state index in [1.165, 1.54) is 11.6 Å². The molecule has 0 heterocycles. The molecule has 1 unspecified atom stereocenters. The van der Waals surface area contributed by atoms with Crippen molar-refractivity contribution in [2.24, 2.45) is 5.84 Å². The first-order valence-electron chi connectivity index (χ1n) is 6.53. The number of hydrazine groups is 1. The first kappa shape index (κ1) is 13.7. The summed E-state index contributed by atoms with van der Waals surface area (Å²) in [6.07, 6.45) is 1.69. The van der Waals surface area contributed by atoms with Crippen LogP contribution in [0.3, 0.4) is 0 Å². The molecule has 2 aromatic carbocycles. The molecular formula is C16H19FN2. The van der Waals surface area contributed by atoms with E-state index in [9.17, 15) is 4.39 Å². The summed E-state index contributed by atoms with van der Waals surface area (Å²) in [7, 11) is 0. The third kappa shape index (κ3) is 3.40. The van der Waals surface area contributed by atoms with Crippen LogP contribution in [0.2, 0.25) is 0 Å². The largest absolute Gasteiger partial charge is 0.271 e.